The van der Waals surface area contributed by atoms with E-state index in [9.17, 15) is 4.39 Å². The number of para-hydroxylation sites is 1. The minimum Gasteiger partial charge on any atom is -0.369 e. The zero-order valence-electron chi connectivity index (χ0n) is 8.90. The van der Waals surface area contributed by atoms with Gasteiger partial charge in [-0.3, -0.25) is 4.90 Å². The first-order chi connectivity index (χ1) is 7.40. The van der Waals surface area contributed by atoms with Gasteiger partial charge in [-0.05, 0) is 12.1 Å². The van der Waals surface area contributed by atoms with Crippen molar-refractivity contribution in [3.05, 3.63) is 30.3 Å². The average Bonchev–Trinajstić information content (AvgIpc) is 2.32. The molecular weight excluding hydrogens is 191 g/mol. The Hall–Kier alpha value is -1.09. The van der Waals surface area contributed by atoms with Crippen LogP contribution in [0.15, 0.2) is 30.3 Å². The molecule has 0 bridgehead atoms. The minimum atomic E-state index is -0.231. The summed E-state index contributed by atoms with van der Waals surface area (Å²) in [6, 6.07) is 10.4. The molecule has 2 nitrogen and oxygen atoms in total. The second-order valence-corrected chi connectivity index (χ2v) is 3.85. The molecule has 1 aromatic carbocycles. The first-order valence-corrected chi connectivity index (χ1v) is 5.48. The van der Waals surface area contributed by atoms with E-state index in [-0.39, 0.29) is 6.67 Å². The maximum absolute atomic E-state index is 12.1. The maximum Gasteiger partial charge on any atom is 0.102 e. The van der Waals surface area contributed by atoms with Crippen LogP contribution in [0.4, 0.5) is 10.1 Å². The fourth-order valence-corrected chi connectivity index (χ4v) is 1.99. The monoisotopic (exact) mass is 208 g/mol. The van der Waals surface area contributed by atoms with E-state index in [1.807, 2.05) is 6.07 Å². The molecule has 0 atom stereocenters. The van der Waals surface area contributed by atoms with Crippen LogP contribution in [0.3, 0.4) is 0 Å². The number of benzene rings is 1. The number of alkyl halides is 1. The molecule has 0 unspecified atom stereocenters. The standard InChI is InChI=1S/C12H17FN2/c13-6-7-14-8-10-15(11-9-14)12-4-2-1-3-5-12/h1-5H,6-11H2. The summed E-state index contributed by atoms with van der Waals surface area (Å²) >= 11 is 0. The lowest BCUT2D eigenvalue weighted by Gasteiger charge is -2.35. The molecule has 15 heavy (non-hydrogen) atoms. The number of piperazine rings is 1. The van der Waals surface area contributed by atoms with Crippen molar-refractivity contribution >= 4 is 5.69 Å². The van der Waals surface area contributed by atoms with E-state index in [1.165, 1.54) is 5.69 Å². The Morgan fingerprint density at radius 2 is 1.67 bits per heavy atom. The highest BCUT2D eigenvalue weighted by molar-refractivity contribution is 5.46. The third kappa shape index (κ3) is 2.69. The van der Waals surface area contributed by atoms with Crippen LogP contribution in [0.25, 0.3) is 0 Å². The molecular formula is C12H17FN2. The van der Waals surface area contributed by atoms with E-state index in [4.69, 9.17) is 0 Å². The molecule has 0 spiro atoms. The van der Waals surface area contributed by atoms with Crippen LogP contribution in [0.2, 0.25) is 0 Å². The number of rotatable bonds is 3. The lowest BCUT2D eigenvalue weighted by molar-refractivity contribution is 0.235. The Bertz CT molecular complexity index is 281. The van der Waals surface area contributed by atoms with Crippen LogP contribution in [-0.4, -0.2) is 44.3 Å². The molecule has 0 aliphatic carbocycles. The molecule has 0 saturated carbocycles. The molecule has 0 amide bonds. The Kier molecular flexibility index (Phi) is 3.56. The highest BCUT2D eigenvalue weighted by Crippen LogP contribution is 2.15. The van der Waals surface area contributed by atoms with Gasteiger partial charge in [-0.25, -0.2) is 4.39 Å². The minimum absolute atomic E-state index is 0.231. The van der Waals surface area contributed by atoms with Gasteiger partial charge in [-0.1, -0.05) is 18.2 Å². The van der Waals surface area contributed by atoms with Gasteiger partial charge >= 0.3 is 0 Å². The Morgan fingerprint density at radius 3 is 2.27 bits per heavy atom. The lowest BCUT2D eigenvalue weighted by atomic mass is 10.2. The van der Waals surface area contributed by atoms with Crippen LogP contribution in [0, 0.1) is 0 Å². The number of halogens is 1. The van der Waals surface area contributed by atoms with Crippen molar-refractivity contribution in [2.75, 3.05) is 44.3 Å². The fourth-order valence-electron chi connectivity index (χ4n) is 1.99. The summed E-state index contributed by atoms with van der Waals surface area (Å²) in [5.41, 5.74) is 1.28. The average molecular weight is 208 g/mol. The SMILES string of the molecule is FCCN1CCN(c2ccccc2)CC1. The number of hydrogen-bond donors (Lipinski definition) is 0. The van der Waals surface area contributed by atoms with E-state index in [1.54, 1.807) is 0 Å². The van der Waals surface area contributed by atoms with Gasteiger partial charge in [-0.15, -0.1) is 0 Å². The third-order valence-electron chi connectivity index (χ3n) is 2.89. The van der Waals surface area contributed by atoms with Crippen molar-refractivity contribution in [3.63, 3.8) is 0 Å². The molecule has 3 heteroatoms. The Labute approximate surface area is 90.3 Å². The van der Waals surface area contributed by atoms with E-state index < -0.39 is 0 Å². The first-order valence-electron chi connectivity index (χ1n) is 5.48. The van der Waals surface area contributed by atoms with Crippen LogP contribution in [-0.2, 0) is 0 Å². The molecule has 82 valence electrons. The lowest BCUT2D eigenvalue weighted by Crippen LogP contribution is -2.46. The molecule has 0 N–H and O–H groups in total. The number of hydrogen-bond acceptors (Lipinski definition) is 2. The van der Waals surface area contributed by atoms with Gasteiger partial charge in [-0.2, -0.15) is 0 Å². The molecule has 2 rings (SSSR count). The third-order valence-corrected chi connectivity index (χ3v) is 2.89. The summed E-state index contributed by atoms with van der Waals surface area (Å²) in [7, 11) is 0. The largest absolute Gasteiger partial charge is 0.369 e. The van der Waals surface area contributed by atoms with Crippen LogP contribution < -0.4 is 4.90 Å². The predicted octanol–water partition coefficient (Wildman–Crippen LogP) is 1.78. The maximum atomic E-state index is 12.1. The summed E-state index contributed by atoms with van der Waals surface area (Å²) in [5.74, 6) is 0. The zero-order chi connectivity index (χ0) is 10.5. The van der Waals surface area contributed by atoms with E-state index in [2.05, 4.69) is 34.1 Å². The molecule has 1 saturated heterocycles. The van der Waals surface area contributed by atoms with Gasteiger partial charge in [0.05, 0.1) is 0 Å². The van der Waals surface area contributed by atoms with Crippen molar-refractivity contribution < 1.29 is 4.39 Å². The van der Waals surface area contributed by atoms with Crippen LogP contribution in [0.5, 0.6) is 0 Å². The molecule has 0 aromatic heterocycles. The highest BCUT2D eigenvalue weighted by atomic mass is 19.1. The Morgan fingerprint density at radius 1 is 1.00 bits per heavy atom. The van der Waals surface area contributed by atoms with Gasteiger partial charge in [0.2, 0.25) is 0 Å². The molecule has 0 radical (unpaired) electrons. The molecule has 1 aliphatic rings. The number of anilines is 1. The van der Waals surface area contributed by atoms with Crippen molar-refractivity contribution in [3.8, 4) is 0 Å². The number of nitrogens with zero attached hydrogens (tertiary/aromatic N) is 2. The predicted molar refractivity (Wildman–Crippen MR) is 61.1 cm³/mol. The molecule has 1 aromatic rings. The van der Waals surface area contributed by atoms with Gasteiger partial charge in [0.1, 0.15) is 6.67 Å². The van der Waals surface area contributed by atoms with Crippen LogP contribution in [0.1, 0.15) is 0 Å². The molecule has 1 heterocycles. The fraction of sp³-hybridized carbons (Fsp3) is 0.500. The first kappa shape index (κ1) is 10.4. The second-order valence-electron chi connectivity index (χ2n) is 3.85. The van der Waals surface area contributed by atoms with Gasteiger partial charge in [0, 0.05) is 38.4 Å². The summed E-state index contributed by atoms with van der Waals surface area (Å²) < 4.78 is 12.1. The zero-order valence-corrected chi connectivity index (χ0v) is 8.90. The topological polar surface area (TPSA) is 6.48 Å². The summed E-state index contributed by atoms with van der Waals surface area (Å²) in [5, 5.41) is 0. The van der Waals surface area contributed by atoms with E-state index in [0.717, 1.165) is 26.2 Å². The summed E-state index contributed by atoms with van der Waals surface area (Å²) in [4.78, 5) is 4.54. The highest BCUT2D eigenvalue weighted by Gasteiger charge is 2.16. The molecule has 1 aliphatic heterocycles. The van der Waals surface area contributed by atoms with Gasteiger partial charge < -0.3 is 4.90 Å². The van der Waals surface area contributed by atoms with Crippen LogP contribution >= 0.6 is 0 Å². The smallest absolute Gasteiger partial charge is 0.102 e. The van der Waals surface area contributed by atoms with E-state index >= 15 is 0 Å². The normalized spacial score (nSPS) is 18.1. The Balaban J connectivity index is 1.88. The van der Waals surface area contributed by atoms with Crippen molar-refractivity contribution in [1.82, 2.24) is 4.90 Å². The summed E-state index contributed by atoms with van der Waals surface area (Å²) in [6.45, 7) is 4.31. The van der Waals surface area contributed by atoms with Crippen molar-refractivity contribution in [2.24, 2.45) is 0 Å². The van der Waals surface area contributed by atoms with Crippen molar-refractivity contribution in [1.29, 1.82) is 0 Å². The quantitative estimate of drug-likeness (QED) is 0.747. The molecule has 1 fully saturated rings. The van der Waals surface area contributed by atoms with E-state index in [0.29, 0.717) is 6.54 Å². The van der Waals surface area contributed by atoms with Gasteiger partial charge in [0.25, 0.3) is 0 Å². The van der Waals surface area contributed by atoms with Gasteiger partial charge in [0.15, 0.2) is 0 Å². The summed E-state index contributed by atoms with van der Waals surface area (Å²) in [6.07, 6.45) is 0. The second kappa shape index (κ2) is 5.12. The van der Waals surface area contributed by atoms with Crippen molar-refractivity contribution in [2.45, 2.75) is 0 Å².